The van der Waals surface area contributed by atoms with Crippen molar-refractivity contribution in [2.45, 2.75) is 32.2 Å². The Kier molecular flexibility index (Phi) is 7.28. The van der Waals surface area contributed by atoms with Crippen LogP contribution in [0.2, 0.25) is 0 Å². The lowest BCUT2D eigenvalue weighted by Crippen LogP contribution is -2.36. The Morgan fingerprint density at radius 1 is 1.07 bits per heavy atom. The van der Waals surface area contributed by atoms with E-state index in [0.717, 1.165) is 37.2 Å². The Labute approximate surface area is 162 Å². The molecule has 1 heterocycles. The summed E-state index contributed by atoms with van der Waals surface area (Å²) in [5.41, 5.74) is 1.07. The summed E-state index contributed by atoms with van der Waals surface area (Å²) in [4.78, 5) is 12.7. The van der Waals surface area contributed by atoms with E-state index in [1.807, 2.05) is 60.7 Å². The third-order valence-corrected chi connectivity index (χ3v) is 5.39. The molecule has 2 aromatic rings. The van der Waals surface area contributed by atoms with Gasteiger partial charge in [0.25, 0.3) is 0 Å². The average Bonchev–Trinajstić information content (AvgIpc) is 2.73. The molecule has 2 atom stereocenters. The average molecular weight is 367 g/mol. The highest BCUT2D eigenvalue weighted by atomic mass is 16.5. The van der Waals surface area contributed by atoms with E-state index in [-0.39, 0.29) is 11.9 Å². The predicted octanol–water partition coefficient (Wildman–Crippen LogP) is 3.95. The van der Waals surface area contributed by atoms with Crippen LogP contribution in [0.5, 0.6) is 5.75 Å². The lowest BCUT2D eigenvalue weighted by molar-refractivity contribution is -0.123. The molecule has 4 heteroatoms. The van der Waals surface area contributed by atoms with Gasteiger partial charge in [-0.25, -0.2) is 0 Å². The van der Waals surface area contributed by atoms with Gasteiger partial charge in [-0.2, -0.15) is 0 Å². The molecular weight excluding hydrogens is 336 g/mol. The van der Waals surface area contributed by atoms with E-state index in [1.54, 1.807) is 0 Å². The first kappa shape index (κ1) is 19.4. The SMILES string of the molecule is CC(CC(=O)NC(COc1ccccc1)c1ccccc1)C1CCNCC1. The van der Waals surface area contributed by atoms with E-state index in [9.17, 15) is 4.79 Å². The molecule has 2 unspecified atom stereocenters. The first-order valence-corrected chi connectivity index (χ1v) is 9.95. The number of hydrogen-bond acceptors (Lipinski definition) is 3. The van der Waals surface area contributed by atoms with Crippen molar-refractivity contribution in [1.82, 2.24) is 10.6 Å². The van der Waals surface area contributed by atoms with Crippen molar-refractivity contribution < 1.29 is 9.53 Å². The largest absolute Gasteiger partial charge is 0.491 e. The van der Waals surface area contributed by atoms with Crippen LogP contribution in [0.15, 0.2) is 60.7 Å². The summed E-state index contributed by atoms with van der Waals surface area (Å²) in [5.74, 6) is 1.95. The first-order valence-electron chi connectivity index (χ1n) is 9.95. The van der Waals surface area contributed by atoms with Gasteiger partial charge in [0.2, 0.25) is 5.91 Å². The maximum Gasteiger partial charge on any atom is 0.220 e. The molecule has 1 aliphatic rings. The van der Waals surface area contributed by atoms with Gasteiger partial charge in [0.15, 0.2) is 0 Å². The van der Waals surface area contributed by atoms with E-state index in [4.69, 9.17) is 4.74 Å². The van der Waals surface area contributed by atoms with Crippen LogP contribution in [-0.2, 0) is 4.79 Å². The van der Waals surface area contributed by atoms with E-state index in [1.165, 1.54) is 0 Å². The number of para-hydroxylation sites is 1. The zero-order chi connectivity index (χ0) is 18.9. The zero-order valence-corrected chi connectivity index (χ0v) is 16.1. The highest BCUT2D eigenvalue weighted by Crippen LogP contribution is 2.25. The molecule has 4 nitrogen and oxygen atoms in total. The van der Waals surface area contributed by atoms with E-state index >= 15 is 0 Å². The van der Waals surface area contributed by atoms with Crippen molar-refractivity contribution >= 4 is 5.91 Å². The number of hydrogen-bond donors (Lipinski definition) is 2. The number of ether oxygens (including phenoxy) is 1. The van der Waals surface area contributed by atoms with Crippen LogP contribution in [0.25, 0.3) is 0 Å². The molecule has 0 radical (unpaired) electrons. The topological polar surface area (TPSA) is 50.4 Å². The van der Waals surface area contributed by atoms with Crippen LogP contribution in [-0.4, -0.2) is 25.6 Å². The second-order valence-corrected chi connectivity index (χ2v) is 7.42. The number of benzene rings is 2. The maximum atomic E-state index is 12.7. The third-order valence-electron chi connectivity index (χ3n) is 5.39. The molecule has 1 saturated heterocycles. The standard InChI is InChI=1S/C23H30N2O2/c1-18(19-12-14-24-15-13-19)16-23(26)25-22(20-8-4-2-5-9-20)17-27-21-10-6-3-7-11-21/h2-11,18-19,22,24H,12-17H2,1H3,(H,25,26). The quantitative estimate of drug-likeness (QED) is 0.744. The van der Waals surface area contributed by atoms with Gasteiger partial charge in [0, 0.05) is 6.42 Å². The van der Waals surface area contributed by atoms with E-state index in [2.05, 4.69) is 17.6 Å². The molecular formula is C23H30N2O2. The summed E-state index contributed by atoms with van der Waals surface area (Å²) in [6.45, 7) is 4.75. The van der Waals surface area contributed by atoms with Crippen LogP contribution < -0.4 is 15.4 Å². The summed E-state index contributed by atoms with van der Waals surface area (Å²) >= 11 is 0. The molecule has 0 saturated carbocycles. The van der Waals surface area contributed by atoms with Crippen LogP contribution in [0.1, 0.15) is 37.8 Å². The molecule has 144 valence electrons. The molecule has 0 spiro atoms. The maximum absolute atomic E-state index is 12.7. The minimum atomic E-state index is -0.154. The molecule has 1 amide bonds. The summed E-state index contributed by atoms with van der Waals surface area (Å²) in [5, 5.41) is 6.59. The molecule has 3 rings (SSSR count). The Hall–Kier alpha value is -2.33. The van der Waals surface area contributed by atoms with Crippen molar-refractivity contribution in [1.29, 1.82) is 0 Å². The zero-order valence-electron chi connectivity index (χ0n) is 16.1. The van der Waals surface area contributed by atoms with Gasteiger partial charge in [-0.15, -0.1) is 0 Å². The third kappa shape index (κ3) is 6.10. The van der Waals surface area contributed by atoms with E-state index in [0.29, 0.717) is 24.9 Å². The number of carbonyl (C=O) groups is 1. The molecule has 1 aliphatic heterocycles. The van der Waals surface area contributed by atoms with Gasteiger partial charge in [0.1, 0.15) is 12.4 Å². The summed E-state index contributed by atoms with van der Waals surface area (Å²) in [6, 6.07) is 19.6. The van der Waals surface area contributed by atoms with Crippen molar-refractivity contribution in [3.8, 4) is 5.75 Å². The van der Waals surface area contributed by atoms with Crippen molar-refractivity contribution in [3.63, 3.8) is 0 Å². The van der Waals surface area contributed by atoms with Crippen LogP contribution >= 0.6 is 0 Å². The normalized spacial score (nSPS) is 17.1. The molecule has 1 fully saturated rings. The molecule has 2 aromatic carbocycles. The first-order chi connectivity index (χ1) is 13.2. The Balaban J connectivity index is 1.59. The Morgan fingerprint density at radius 2 is 1.70 bits per heavy atom. The molecule has 0 aliphatic carbocycles. The minimum Gasteiger partial charge on any atom is -0.491 e. The fourth-order valence-electron chi connectivity index (χ4n) is 3.73. The molecule has 2 N–H and O–H groups in total. The number of rotatable bonds is 8. The number of piperidine rings is 1. The fourth-order valence-corrected chi connectivity index (χ4v) is 3.73. The van der Waals surface area contributed by atoms with Gasteiger partial charge in [-0.1, -0.05) is 55.5 Å². The van der Waals surface area contributed by atoms with Crippen LogP contribution in [0.4, 0.5) is 0 Å². The summed E-state index contributed by atoms with van der Waals surface area (Å²) in [7, 11) is 0. The van der Waals surface area contributed by atoms with E-state index < -0.39 is 0 Å². The molecule has 0 aromatic heterocycles. The lowest BCUT2D eigenvalue weighted by atomic mass is 9.84. The summed E-state index contributed by atoms with van der Waals surface area (Å²) < 4.78 is 5.92. The van der Waals surface area contributed by atoms with Gasteiger partial charge in [0.05, 0.1) is 6.04 Å². The van der Waals surface area contributed by atoms with Crippen molar-refractivity contribution in [2.24, 2.45) is 11.8 Å². The Bertz CT molecular complexity index is 684. The highest BCUT2D eigenvalue weighted by molar-refractivity contribution is 5.76. The highest BCUT2D eigenvalue weighted by Gasteiger charge is 2.23. The molecule has 0 bridgehead atoms. The van der Waals surface area contributed by atoms with Crippen LogP contribution in [0.3, 0.4) is 0 Å². The fraction of sp³-hybridized carbons (Fsp3) is 0.435. The van der Waals surface area contributed by atoms with Crippen molar-refractivity contribution in [3.05, 3.63) is 66.2 Å². The predicted molar refractivity (Wildman–Crippen MR) is 109 cm³/mol. The van der Waals surface area contributed by atoms with Gasteiger partial charge in [-0.3, -0.25) is 4.79 Å². The smallest absolute Gasteiger partial charge is 0.220 e. The van der Waals surface area contributed by atoms with Gasteiger partial charge >= 0.3 is 0 Å². The number of nitrogens with one attached hydrogen (secondary N) is 2. The summed E-state index contributed by atoms with van der Waals surface area (Å²) in [6.07, 6.45) is 2.89. The van der Waals surface area contributed by atoms with Gasteiger partial charge < -0.3 is 15.4 Å². The monoisotopic (exact) mass is 366 g/mol. The van der Waals surface area contributed by atoms with Gasteiger partial charge in [-0.05, 0) is 55.5 Å². The molecule has 27 heavy (non-hydrogen) atoms. The second-order valence-electron chi connectivity index (χ2n) is 7.42. The number of amides is 1. The number of carbonyl (C=O) groups excluding carboxylic acids is 1. The minimum absolute atomic E-state index is 0.103. The van der Waals surface area contributed by atoms with Crippen LogP contribution in [0, 0.1) is 11.8 Å². The lowest BCUT2D eigenvalue weighted by Gasteiger charge is -2.28. The van der Waals surface area contributed by atoms with Crippen molar-refractivity contribution in [2.75, 3.05) is 19.7 Å². The Morgan fingerprint density at radius 3 is 2.37 bits per heavy atom. The second kappa shape index (κ2) is 10.1.